The van der Waals surface area contributed by atoms with Gasteiger partial charge in [0, 0.05) is 23.0 Å². The molecule has 2 aromatic rings. The van der Waals surface area contributed by atoms with E-state index in [2.05, 4.69) is 11.9 Å². The van der Waals surface area contributed by atoms with Gasteiger partial charge in [-0.3, -0.25) is 0 Å². The Bertz CT molecular complexity index is 620. The second-order valence-corrected chi connectivity index (χ2v) is 5.54. The molecule has 0 aliphatic rings. The Labute approximate surface area is 123 Å². The van der Waals surface area contributed by atoms with Crippen molar-refractivity contribution in [3.8, 4) is 11.3 Å². The number of benzene rings is 1. The normalized spacial score (nSPS) is 11.3. The lowest BCUT2D eigenvalue weighted by Crippen LogP contribution is -2.09. The summed E-state index contributed by atoms with van der Waals surface area (Å²) in [5.41, 5.74) is 7.06. The summed E-state index contributed by atoms with van der Waals surface area (Å²) in [4.78, 5) is 4.54. The van der Waals surface area contributed by atoms with Crippen LogP contribution in [-0.4, -0.2) is 9.55 Å². The van der Waals surface area contributed by atoms with Crippen molar-refractivity contribution in [1.82, 2.24) is 9.55 Å². The molecular formula is C15H19ClFN3. The van der Waals surface area contributed by atoms with Crippen molar-refractivity contribution in [2.75, 3.05) is 5.73 Å². The van der Waals surface area contributed by atoms with Crippen LogP contribution < -0.4 is 5.73 Å². The average Bonchev–Trinajstić information content (AvgIpc) is 2.67. The molecule has 0 unspecified atom stereocenters. The number of hydrogen-bond acceptors (Lipinski definition) is 2. The van der Waals surface area contributed by atoms with Crippen LogP contribution in [0.25, 0.3) is 11.3 Å². The Kier molecular flexibility index (Phi) is 4.33. The molecular weight excluding hydrogens is 277 g/mol. The largest absolute Gasteiger partial charge is 0.383 e. The van der Waals surface area contributed by atoms with E-state index in [0.717, 1.165) is 18.7 Å². The maximum Gasteiger partial charge on any atom is 0.134 e. The number of rotatable bonds is 4. The number of hydrogen-bond donors (Lipinski definition) is 1. The fraction of sp³-hybridized carbons (Fsp3) is 0.400. The number of aromatic nitrogens is 2. The molecule has 108 valence electrons. The van der Waals surface area contributed by atoms with Gasteiger partial charge in [-0.25, -0.2) is 9.37 Å². The summed E-state index contributed by atoms with van der Waals surface area (Å²) in [7, 11) is 0. The van der Waals surface area contributed by atoms with Crippen molar-refractivity contribution < 1.29 is 4.39 Å². The Balaban J connectivity index is 2.60. The Morgan fingerprint density at radius 3 is 2.65 bits per heavy atom. The molecule has 1 aromatic carbocycles. The first-order valence-corrected chi connectivity index (χ1v) is 7.15. The van der Waals surface area contributed by atoms with Crippen LogP contribution in [0, 0.1) is 5.82 Å². The molecule has 0 bridgehead atoms. The van der Waals surface area contributed by atoms with E-state index in [4.69, 9.17) is 17.3 Å². The number of anilines is 1. The van der Waals surface area contributed by atoms with Gasteiger partial charge in [-0.2, -0.15) is 0 Å². The second kappa shape index (κ2) is 5.83. The fourth-order valence-electron chi connectivity index (χ4n) is 2.35. The van der Waals surface area contributed by atoms with Crippen molar-refractivity contribution >= 4 is 17.4 Å². The molecule has 0 fully saturated rings. The molecule has 0 amide bonds. The molecule has 0 spiro atoms. The SMILES string of the molecule is CCCc1nc(-c2ccc(Cl)cc2F)c(N)n1C(C)C. The van der Waals surface area contributed by atoms with Gasteiger partial charge in [-0.15, -0.1) is 0 Å². The van der Waals surface area contributed by atoms with Gasteiger partial charge in [0.05, 0.1) is 0 Å². The zero-order valence-electron chi connectivity index (χ0n) is 12.0. The molecule has 0 radical (unpaired) electrons. The van der Waals surface area contributed by atoms with E-state index in [9.17, 15) is 4.39 Å². The molecule has 2 N–H and O–H groups in total. The zero-order valence-corrected chi connectivity index (χ0v) is 12.7. The summed E-state index contributed by atoms with van der Waals surface area (Å²) in [6.45, 7) is 6.16. The lowest BCUT2D eigenvalue weighted by Gasteiger charge is -2.13. The van der Waals surface area contributed by atoms with Gasteiger partial charge in [-0.1, -0.05) is 18.5 Å². The van der Waals surface area contributed by atoms with E-state index in [1.807, 2.05) is 18.4 Å². The Morgan fingerprint density at radius 1 is 1.40 bits per heavy atom. The van der Waals surface area contributed by atoms with Crippen molar-refractivity contribution in [3.05, 3.63) is 34.9 Å². The standard InChI is InChI=1S/C15H19ClFN3/c1-4-5-13-19-14(15(18)20(13)9(2)3)11-7-6-10(16)8-12(11)17/h6-9H,4-5,18H2,1-3H3. The maximum atomic E-state index is 14.1. The smallest absolute Gasteiger partial charge is 0.134 e. The third kappa shape index (κ3) is 2.66. The van der Waals surface area contributed by atoms with Crippen LogP contribution in [0.1, 0.15) is 39.1 Å². The molecule has 1 heterocycles. The monoisotopic (exact) mass is 295 g/mol. The van der Waals surface area contributed by atoms with Gasteiger partial charge in [-0.05, 0) is 38.5 Å². The number of aryl methyl sites for hydroxylation is 1. The minimum Gasteiger partial charge on any atom is -0.383 e. The minimum absolute atomic E-state index is 0.188. The first kappa shape index (κ1) is 14.9. The third-order valence-electron chi connectivity index (χ3n) is 3.20. The Hall–Kier alpha value is -1.55. The van der Waals surface area contributed by atoms with Crippen molar-refractivity contribution in [2.24, 2.45) is 0 Å². The van der Waals surface area contributed by atoms with Gasteiger partial charge in [0.2, 0.25) is 0 Å². The van der Waals surface area contributed by atoms with E-state index >= 15 is 0 Å². The first-order chi connectivity index (χ1) is 9.45. The van der Waals surface area contributed by atoms with Crippen molar-refractivity contribution in [3.63, 3.8) is 0 Å². The quantitative estimate of drug-likeness (QED) is 0.905. The fourth-order valence-corrected chi connectivity index (χ4v) is 2.51. The molecule has 0 aliphatic heterocycles. The van der Waals surface area contributed by atoms with Crippen molar-refractivity contribution in [1.29, 1.82) is 0 Å². The first-order valence-electron chi connectivity index (χ1n) is 6.77. The van der Waals surface area contributed by atoms with Crippen LogP contribution in [0.5, 0.6) is 0 Å². The molecule has 1 aromatic heterocycles. The number of nitrogens with zero attached hydrogens (tertiary/aromatic N) is 2. The molecule has 3 nitrogen and oxygen atoms in total. The van der Waals surface area contributed by atoms with E-state index in [1.54, 1.807) is 12.1 Å². The van der Waals surface area contributed by atoms with Gasteiger partial charge in [0.25, 0.3) is 0 Å². The molecule has 0 saturated heterocycles. The highest BCUT2D eigenvalue weighted by Crippen LogP contribution is 2.32. The lowest BCUT2D eigenvalue weighted by molar-refractivity contribution is 0.571. The minimum atomic E-state index is -0.402. The third-order valence-corrected chi connectivity index (χ3v) is 3.43. The predicted octanol–water partition coefficient (Wildman–Crippen LogP) is 4.46. The summed E-state index contributed by atoms with van der Waals surface area (Å²) >= 11 is 5.78. The van der Waals surface area contributed by atoms with Crippen LogP contribution in [0.2, 0.25) is 5.02 Å². The lowest BCUT2D eigenvalue weighted by atomic mass is 10.1. The van der Waals surface area contributed by atoms with Gasteiger partial charge >= 0.3 is 0 Å². The molecule has 0 aliphatic carbocycles. The van der Waals surface area contributed by atoms with Crippen LogP contribution >= 0.6 is 11.6 Å². The summed E-state index contributed by atoms with van der Waals surface area (Å²) in [6.07, 6.45) is 1.78. The highest BCUT2D eigenvalue weighted by atomic mass is 35.5. The zero-order chi connectivity index (χ0) is 14.9. The maximum absolute atomic E-state index is 14.1. The van der Waals surface area contributed by atoms with E-state index < -0.39 is 5.82 Å². The highest BCUT2D eigenvalue weighted by molar-refractivity contribution is 6.30. The molecule has 2 rings (SSSR count). The van der Waals surface area contributed by atoms with Crippen LogP contribution in [0.15, 0.2) is 18.2 Å². The summed E-state index contributed by atoms with van der Waals surface area (Å²) in [5.74, 6) is 0.995. The average molecular weight is 296 g/mol. The Morgan fingerprint density at radius 2 is 2.10 bits per heavy atom. The number of nitrogen functional groups attached to an aromatic ring is 1. The van der Waals surface area contributed by atoms with Gasteiger partial charge in [0.1, 0.15) is 23.2 Å². The van der Waals surface area contributed by atoms with Crippen LogP contribution in [0.4, 0.5) is 10.2 Å². The topological polar surface area (TPSA) is 43.8 Å². The van der Waals surface area contributed by atoms with Gasteiger partial charge in [0.15, 0.2) is 0 Å². The molecule has 20 heavy (non-hydrogen) atoms. The summed E-state index contributed by atoms with van der Waals surface area (Å²) < 4.78 is 16.0. The summed E-state index contributed by atoms with van der Waals surface area (Å²) in [5, 5.41) is 0.363. The molecule has 5 heteroatoms. The summed E-state index contributed by atoms with van der Waals surface area (Å²) in [6, 6.07) is 4.74. The number of imidazole rings is 1. The van der Waals surface area contributed by atoms with Crippen molar-refractivity contribution in [2.45, 2.75) is 39.7 Å². The van der Waals surface area contributed by atoms with Gasteiger partial charge < -0.3 is 10.3 Å². The van der Waals surface area contributed by atoms with E-state index in [0.29, 0.717) is 22.1 Å². The second-order valence-electron chi connectivity index (χ2n) is 5.10. The van der Waals surface area contributed by atoms with E-state index in [1.165, 1.54) is 6.07 Å². The van der Waals surface area contributed by atoms with E-state index in [-0.39, 0.29) is 6.04 Å². The molecule has 0 atom stereocenters. The highest BCUT2D eigenvalue weighted by Gasteiger charge is 2.19. The van der Waals surface area contributed by atoms with Crippen LogP contribution in [-0.2, 0) is 6.42 Å². The van der Waals surface area contributed by atoms with Crippen LogP contribution in [0.3, 0.4) is 0 Å². The number of nitrogens with two attached hydrogens (primary N) is 1. The predicted molar refractivity (Wildman–Crippen MR) is 81.4 cm³/mol. The molecule has 0 saturated carbocycles. The number of halogens is 2.